The highest BCUT2D eigenvalue weighted by molar-refractivity contribution is 7.89. The van der Waals surface area contributed by atoms with Crippen LogP contribution in [0, 0.1) is 6.92 Å². The predicted molar refractivity (Wildman–Crippen MR) is 77.2 cm³/mol. The molecule has 7 heteroatoms. The molecule has 0 amide bonds. The summed E-state index contributed by atoms with van der Waals surface area (Å²) >= 11 is 0. The topological polar surface area (TPSA) is 75.3 Å². The average molecular weight is 307 g/mol. The van der Waals surface area contributed by atoms with Gasteiger partial charge in [-0.15, -0.1) is 0 Å². The highest BCUT2D eigenvalue weighted by Crippen LogP contribution is 2.24. The van der Waals surface area contributed by atoms with Gasteiger partial charge in [-0.2, -0.15) is 4.31 Å². The molecule has 0 radical (unpaired) electrons. The number of rotatable bonds is 3. The standard InChI is InChI=1S/C14H17N3O3S/c1-11-9-15-14(16-11)13-10-17(7-8-20-13)21(18,19)12-5-3-2-4-6-12/h2-6,9,13H,7-8,10H2,1H3,(H,15,16)/t13-/m1/s1. The van der Waals surface area contributed by atoms with Gasteiger partial charge in [-0.1, -0.05) is 18.2 Å². The van der Waals surface area contributed by atoms with Crippen molar-refractivity contribution >= 4 is 10.0 Å². The number of hydrogen-bond acceptors (Lipinski definition) is 4. The Kier molecular flexibility index (Phi) is 3.79. The van der Waals surface area contributed by atoms with E-state index in [1.165, 1.54) is 4.31 Å². The second-order valence-corrected chi connectivity index (χ2v) is 6.92. The second kappa shape index (κ2) is 5.59. The van der Waals surface area contributed by atoms with Crippen molar-refractivity contribution in [3.8, 4) is 0 Å². The van der Waals surface area contributed by atoms with Gasteiger partial charge in [-0.05, 0) is 19.1 Å². The zero-order chi connectivity index (χ0) is 14.9. The van der Waals surface area contributed by atoms with Gasteiger partial charge in [0.05, 0.1) is 11.5 Å². The minimum atomic E-state index is -3.48. The number of H-pyrrole nitrogens is 1. The Labute approximate surface area is 123 Å². The smallest absolute Gasteiger partial charge is 0.243 e. The Hall–Kier alpha value is -1.70. The van der Waals surface area contributed by atoms with Crippen LogP contribution in [0.3, 0.4) is 0 Å². The van der Waals surface area contributed by atoms with Crippen LogP contribution in [0.15, 0.2) is 41.4 Å². The third kappa shape index (κ3) is 2.85. The molecule has 1 saturated heterocycles. The number of sulfonamides is 1. The van der Waals surface area contributed by atoms with E-state index in [9.17, 15) is 8.42 Å². The lowest BCUT2D eigenvalue weighted by molar-refractivity contribution is -0.00710. The summed E-state index contributed by atoms with van der Waals surface area (Å²) in [5.41, 5.74) is 0.927. The molecule has 0 bridgehead atoms. The first kappa shape index (κ1) is 14.2. The van der Waals surface area contributed by atoms with Crippen molar-refractivity contribution in [1.82, 2.24) is 14.3 Å². The zero-order valence-electron chi connectivity index (χ0n) is 11.7. The van der Waals surface area contributed by atoms with E-state index in [2.05, 4.69) is 9.97 Å². The second-order valence-electron chi connectivity index (χ2n) is 4.99. The number of ether oxygens (including phenoxy) is 1. The molecule has 1 aliphatic rings. The summed E-state index contributed by atoms with van der Waals surface area (Å²) in [7, 11) is -3.48. The Morgan fingerprint density at radius 1 is 1.33 bits per heavy atom. The fourth-order valence-corrected chi connectivity index (χ4v) is 3.79. The van der Waals surface area contributed by atoms with Gasteiger partial charge in [0.25, 0.3) is 0 Å². The molecule has 1 aromatic heterocycles. The maximum absolute atomic E-state index is 12.6. The van der Waals surface area contributed by atoms with E-state index >= 15 is 0 Å². The van der Waals surface area contributed by atoms with E-state index in [1.54, 1.807) is 36.5 Å². The van der Waals surface area contributed by atoms with Crippen LogP contribution < -0.4 is 0 Å². The van der Waals surface area contributed by atoms with Gasteiger partial charge in [-0.25, -0.2) is 13.4 Å². The van der Waals surface area contributed by atoms with E-state index in [1.807, 2.05) is 6.92 Å². The molecule has 1 fully saturated rings. The van der Waals surface area contributed by atoms with Crippen molar-refractivity contribution in [3.05, 3.63) is 48.0 Å². The van der Waals surface area contributed by atoms with Crippen LogP contribution >= 0.6 is 0 Å². The van der Waals surface area contributed by atoms with Crippen LogP contribution in [0.25, 0.3) is 0 Å². The fraction of sp³-hybridized carbons (Fsp3) is 0.357. The van der Waals surface area contributed by atoms with Crippen molar-refractivity contribution in [1.29, 1.82) is 0 Å². The number of benzene rings is 1. The number of aryl methyl sites for hydroxylation is 1. The van der Waals surface area contributed by atoms with Crippen molar-refractivity contribution in [2.45, 2.75) is 17.9 Å². The minimum Gasteiger partial charge on any atom is -0.368 e. The lowest BCUT2D eigenvalue weighted by atomic mass is 10.3. The van der Waals surface area contributed by atoms with Gasteiger partial charge in [0.15, 0.2) is 0 Å². The molecule has 0 aliphatic carbocycles. The molecule has 0 saturated carbocycles. The van der Waals surface area contributed by atoms with Crippen molar-refractivity contribution in [2.24, 2.45) is 0 Å². The number of hydrogen-bond donors (Lipinski definition) is 1. The number of nitrogens with zero attached hydrogens (tertiary/aromatic N) is 2. The Balaban J connectivity index is 1.83. The number of aromatic amines is 1. The monoisotopic (exact) mass is 307 g/mol. The molecular weight excluding hydrogens is 290 g/mol. The summed E-state index contributed by atoms with van der Waals surface area (Å²) in [5.74, 6) is 0.667. The van der Waals surface area contributed by atoms with Crippen LogP contribution in [-0.2, 0) is 14.8 Å². The summed E-state index contributed by atoms with van der Waals surface area (Å²) in [6.07, 6.45) is 1.36. The quantitative estimate of drug-likeness (QED) is 0.932. The van der Waals surface area contributed by atoms with Gasteiger partial charge in [0, 0.05) is 25.0 Å². The van der Waals surface area contributed by atoms with Crippen molar-refractivity contribution in [3.63, 3.8) is 0 Å². The van der Waals surface area contributed by atoms with Crippen LogP contribution in [0.2, 0.25) is 0 Å². The maximum atomic E-state index is 12.6. The minimum absolute atomic E-state index is 0.268. The lowest BCUT2D eigenvalue weighted by Gasteiger charge is -2.31. The molecule has 1 aromatic carbocycles. The summed E-state index contributed by atoms with van der Waals surface area (Å²) < 4.78 is 32.3. The first-order chi connectivity index (χ1) is 10.1. The largest absolute Gasteiger partial charge is 0.368 e. The van der Waals surface area contributed by atoms with Crippen LogP contribution in [-0.4, -0.2) is 42.4 Å². The SMILES string of the molecule is Cc1cnc([C@H]2CN(S(=O)(=O)c3ccccc3)CCO2)[nH]1. The fourth-order valence-electron chi connectivity index (χ4n) is 2.35. The van der Waals surface area contributed by atoms with E-state index in [0.717, 1.165) is 5.69 Å². The molecular formula is C14H17N3O3S. The molecule has 6 nitrogen and oxygen atoms in total. The maximum Gasteiger partial charge on any atom is 0.243 e. The Morgan fingerprint density at radius 2 is 2.10 bits per heavy atom. The summed E-state index contributed by atoms with van der Waals surface area (Å²) in [4.78, 5) is 7.63. The van der Waals surface area contributed by atoms with E-state index in [0.29, 0.717) is 23.9 Å². The molecule has 112 valence electrons. The normalized spacial score (nSPS) is 20.5. The first-order valence-electron chi connectivity index (χ1n) is 6.75. The van der Waals surface area contributed by atoms with Crippen molar-refractivity contribution < 1.29 is 13.2 Å². The van der Waals surface area contributed by atoms with Gasteiger partial charge in [0.1, 0.15) is 11.9 Å². The first-order valence-corrected chi connectivity index (χ1v) is 8.20. The van der Waals surface area contributed by atoms with Crippen LogP contribution in [0.1, 0.15) is 17.6 Å². The number of aromatic nitrogens is 2. The molecule has 0 unspecified atom stereocenters. The predicted octanol–water partition coefficient (Wildman–Crippen LogP) is 1.48. The molecule has 2 aromatic rings. The van der Waals surface area contributed by atoms with Gasteiger partial charge >= 0.3 is 0 Å². The molecule has 21 heavy (non-hydrogen) atoms. The van der Waals surface area contributed by atoms with Crippen LogP contribution in [0.5, 0.6) is 0 Å². The van der Waals surface area contributed by atoms with Crippen LogP contribution in [0.4, 0.5) is 0 Å². The molecule has 3 rings (SSSR count). The summed E-state index contributed by atoms with van der Waals surface area (Å²) in [5, 5.41) is 0. The zero-order valence-corrected chi connectivity index (χ0v) is 12.5. The van der Waals surface area contributed by atoms with Gasteiger partial charge in [-0.3, -0.25) is 0 Å². The third-order valence-electron chi connectivity index (χ3n) is 3.44. The molecule has 1 N–H and O–H groups in total. The lowest BCUT2D eigenvalue weighted by Crippen LogP contribution is -2.42. The summed E-state index contributed by atoms with van der Waals surface area (Å²) in [6.45, 7) is 2.88. The van der Waals surface area contributed by atoms with Gasteiger partial charge < -0.3 is 9.72 Å². The highest BCUT2D eigenvalue weighted by Gasteiger charge is 2.32. The van der Waals surface area contributed by atoms with Gasteiger partial charge in [0.2, 0.25) is 10.0 Å². The molecule has 0 spiro atoms. The molecule has 2 heterocycles. The van der Waals surface area contributed by atoms with E-state index in [-0.39, 0.29) is 12.6 Å². The molecule has 1 aliphatic heterocycles. The number of imidazole rings is 1. The van der Waals surface area contributed by atoms with E-state index < -0.39 is 10.0 Å². The average Bonchev–Trinajstić information content (AvgIpc) is 2.95. The number of nitrogens with one attached hydrogen (secondary N) is 1. The summed E-state index contributed by atoms with van der Waals surface area (Å²) in [6, 6.07) is 8.46. The highest BCUT2D eigenvalue weighted by atomic mass is 32.2. The molecule has 1 atom stereocenters. The Bertz CT molecular complexity index is 712. The third-order valence-corrected chi connectivity index (χ3v) is 5.32. The number of morpholine rings is 1. The Morgan fingerprint density at radius 3 is 2.76 bits per heavy atom. The van der Waals surface area contributed by atoms with Crippen molar-refractivity contribution in [2.75, 3.05) is 19.7 Å². The van der Waals surface area contributed by atoms with E-state index in [4.69, 9.17) is 4.74 Å².